The molecular weight excluding hydrogens is 307 g/mol. The molecule has 0 aliphatic carbocycles. The Labute approximate surface area is 141 Å². The van der Waals surface area contributed by atoms with Crippen molar-refractivity contribution in [1.29, 1.82) is 0 Å². The summed E-state index contributed by atoms with van der Waals surface area (Å²) in [5, 5.41) is 0. The van der Waals surface area contributed by atoms with Crippen LogP contribution in [0.15, 0.2) is 54.6 Å². The molecule has 1 amide bonds. The maximum Gasteiger partial charge on any atom is 0.410 e. The third-order valence-corrected chi connectivity index (χ3v) is 4.43. The van der Waals surface area contributed by atoms with Crippen molar-refractivity contribution in [3.63, 3.8) is 0 Å². The number of likely N-dealkylation sites (tertiary alicyclic amines) is 1. The molecule has 2 aromatic rings. The summed E-state index contributed by atoms with van der Waals surface area (Å²) in [6.07, 6.45) is 0.254. The van der Waals surface area contributed by atoms with E-state index in [0.29, 0.717) is 25.1 Å². The maximum atomic E-state index is 14.0. The van der Waals surface area contributed by atoms with E-state index in [1.165, 1.54) is 6.07 Å². The molecule has 1 aliphatic rings. The number of hydrogen-bond acceptors (Lipinski definition) is 3. The fourth-order valence-corrected chi connectivity index (χ4v) is 3.12. The molecule has 0 bridgehead atoms. The van der Waals surface area contributed by atoms with Crippen molar-refractivity contribution in [3.05, 3.63) is 71.5 Å². The number of piperidine rings is 1. The van der Waals surface area contributed by atoms with Gasteiger partial charge in [0.1, 0.15) is 12.4 Å². The summed E-state index contributed by atoms with van der Waals surface area (Å²) >= 11 is 0. The van der Waals surface area contributed by atoms with Gasteiger partial charge in [-0.3, -0.25) is 0 Å². The zero-order chi connectivity index (χ0) is 16.9. The van der Waals surface area contributed by atoms with Crippen LogP contribution < -0.4 is 5.73 Å². The number of benzene rings is 2. The lowest BCUT2D eigenvalue weighted by atomic mass is 9.85. The lowest BCUT2D eigenvalue weighted by Crippen LogP contribution is -2.49. The van der Waals surface area contributed by atoms with Gasteiger partial charge >= 0.3 is 6.09 Å². The van der Waals surface area contributed by atoms with Crippen LogP contribution in [0, 0.1) is 5.82 Å². The highest BCUT2D eigenvalue weighted by Gasteiger charge is 2.32. The van der Waals surface area contributed by atoms with Gasteiger partial charge in [-0.25, -0.2) is 9.18 Å². The van der Waals surface area contributed by atoms with Crippen LogP contribution in [0.4, 0.5) is 9.18 Å². The van der Waals surface area contributed by atoms with Gasteiger partial charge in [0.15, 0.2) is 0 Å². The number of rotatable bonds is 3. The Hall–Kier alpha value is -2.40. The van der Waals surface area contributed by atoms with Gasteiger partial charge in [-0.2, -0.15) is 0 Å². The zero-order valence-electron chi connectivity index (χ0n) is 13.4. The van der Waals surface area contributed by atoms with Gasteiger partial charge in [0.25, 0.3) is 0 Å². The van der Waals surface area contributed by atoms with E-state index in [-0.39, 0.29) is 30.5 Å². The average molecular weight is 328 g/mol. The number of carbonyl (C=O) groups is 1. The smallest absolute Gasteiger partial charge is 0.410 e. The molecule has 126 valence electrons. The van der Waals surface area contributed by atoms with Gasteiger partial charge < -0.3 is 15.4 Å². The van der Waals surface area contributed by atoms with Crippen LogP contribution in [-0.4, -0.2) is 30.1 Å². The second-order valence-electron chi connectivity index (χ2n) is 6.07. The molecule has 1 saturated heterocycles. The summed E-state index contributed by atoms with van der Waals surface area (Å²) in [4.78, 5) is 13.8. The van der Waals surface area contributed by atoms with Crippen molar-refractivity contribution in [2.75, 3.05) is 13.1 Å². The quantitative estimate of drug-likeness (QED) is 0.941. The SMILES string of the molecule is NC1CN(C(=O)OCc2ccccc2)CCC1c1ccccc1F. The first kappa shape index (κ1) is 16.5. The third kappa shape index (κ3) is 3.74. The molecule has 3 rings (SSSR count). The molecule has 4 nitrogen and oxygen atoms in total. The van der Waals surface area contributed by atoms with E-state index < -0.39 is 0 Å². The Morgan fingerprint density at radius 1 is 1.17 bits per heavy atom. The van der Waals surface area contributed by atoms with Gasteiger partial charge in [-0.1, -0.05) is 48.5 Å². The van der Waals surface area contributed by atoms with Crippen molar-refractivity contribution >= 4 is 6.09 Å². The van der Waals surface area contributed by atoms with Gasteiger partial charge in [-0.15, -0.1) is 0 Å². The molecule has 1 fully saturated rings. The van der Waals surface area contributed by atoms with Gasteiger partial charge in [0, 0.05) is 25.0 Å². The van der Waals surface area contributed by atoms with E-state index in [0.717, 1.165) is 5.56 Å². The fraction of sp³-hybridized carbons (Fsp3) is 0.316. The average Bonchev–Trinajstić information content (AvgIpc) is 2.61. The number of hydrogen-bond donors (Lipinski definition) is 1. The third-order valence-electron chi connectivity index (χ3n) is 4.43. The molecule has 2 aromatic carbocycles. The van der Waals surface area contributed by atoms with Crippen molar-refractivity contribution < 1.29 is 13.9 Å². The van der Waals surface area contributed by atoms with Gasteiger partial charge in [0.05, 0.1) is 0 Å². The van der Waals surface area contributed by atoms with Gasteiger partial charge in [0.2, 0.25) is 0 Å². The van der Waals surface area contributed by atoms with Crippen LogP contribution in [-0.2, 0) is 11.3 Å². The summed E-state index contributed by atoms with van der Waals surface area (Å²) in [7, 11) is 0. The Bertz CT molecular complexity index is 693. The topological polar surface area (TPSA) is 55.6 Å². The zero-order valence-corrected chi connectivity index (χ0v) is 13.4. The molecule has 0 saturated carbocycles. The Balaban J connectivity index is 1.57. The van der Waals surface area contributed by atoms with Crippen LogP contribution in [0.1, 0.15) is 23.5 Å². The molecule has 24 heavy (non-hydrogen) atoms. The summed E-state index contributed by atoms with van der Waals surface area (Å²) in [6.45, 7) is 1.12. The molecule has 5 heteroatoms. The highest BCUT2D eigenvalue weighted by molar-refractivity contribution is 5.68. The first-order chi connectivity index (χ1) is 11.6. The normalized spacial score (nSPS) is 20.7. The number of ether oxygens (including phenoxy) is 1. The molecule has 2 unspecified atom stereocenters. The van der Waals surface area contributed by atoms with Crippen molar-refractivity contribution in [1.82, 2.24) is 4.90 Å². The number of halogens is 1. The number of carbonyl (C=O) groups excluding carboxylic acids is 1. The van der Waals surface area contributed by atoms with E-state index in [1.54, 1.807) is 17.0 Å². The number of nitrogens with zero attached hydrogens (tertiary/aromatic N) is 1. The lowest BCUT2D eigenvalue weighted by molar-refractivity contribution is 0.0829. The molecule has 2 atom stereocenters. The molecule has 2 N–H and O–H groups in total. The minimum atomic E-state index is -0.374. The molecule has 0 aromatic heterocycles. The van der Waals surface area contributed by atoms with Crippen molar-refractivity contribution in [2.45, 2.75) is 25.0 Å². The monoisotopic (exact) mass is 328 g/mol. The molecule has 0 spiro atoms. The van der Waals surface area contributed by atoms with Crippen LogP contribution >= 0.6 is 0 Å². The second kappa shape index (κ2) is 7.45. The highest BCUT2D eigenvalue weighted by Crippen LogP contribution is 2.29. The van der Waals surface area contributed by atoms with Crippen LogP contribution in [0.25, 0.3) is 0 Å². The molecule has 0 radical (unpaired) electrons. The van der Waals surface area contributed by atoms with Crippen molar-refractivity contribution in [2.24, 2.45) is 5.73 Å². The summed E-state index contributed by atoms with van der Waals surface area (Å²) in [5.41, 5.74) is 7.77. The fourth-order valence-electron chi connectivity index (χ4n) is 3.12. The van der Waals surface area contributed by atoms with E-state index in [9.17, 15) is 9.18 Å². The Kier molecular flexibility index (Phi) is 5.11. The number of amides is 1. The Morgan fingerprint density at radius 2 is 1.88 bits per heavy atom. The molecule has 1 aliphatic heterocycles. The Morgan fingerprint density at radius 3 is 2.58 bits per heavy atom. The number of nitrogens with two attached hydrogens (primary N) is 1. The van der Waals surface area contributed by atoms with Crippen LogP contribution in [0.2, 0.25) is 0 Å². The minimum absolute atomic E-state index is 0.0793. The lowest BCUT2D eigenvalue weighted by Gasteiger charge is -2.36. The van der Waals surface area contributed by atoms with E-state index in [4.69, 9.17) is 10.5 Å². The standard InChI is InChI=1S/C19H21FN2O2/c20-17-9-5-4-8-15(17)16-10-11-22(12-18(16)21)19(23)24-13-14-6-2-1-3-7-14/h1-9,16,18H,10-13,21H2. The largest absolute Gasteiger partial charge is 0.445 e. The summed E-state index contributed by atoms with van der Waals surface area (Å²) < 4.78 is 19.3. The predicted octanol–water partition coefficient (Wildman–Crippen LogP) is 3.28. The van der Waals surface area contributed by atoms with Crippen molar-refractivity contribution in [3.8, 4) is 0 Å². The van der Waals surface area contributed by atoms with Gasteiger partial charge in [-0.05, 0) is 23.6 Å². The molecule has 1 heterocycles. The second-order valence-corrected chi connectivity index (χ2v) is 6.07. The summed E-state index contributed by atoms with van der Waals surface area (Å²) in [5.74, 6) is -0.317. The minimum Gasteiger partial charge on any atom is -0.445 e. The summed E-state index contributed by atoms with van der Waals surface area (Å²) in [6, 6.07) is 15.9. The van der Waals surface area contributed by atoms with E-state index in [2.05, 4.69) is 0 Å². The predicted molar refractivity (Wildman–Crippen MR) is 89.9 cm³/mol. The maximum absolute atomic E-state index is 14.0. The first-order valence-electron chi connectivity index (χ1n) is 8.11. The van der Waals surface area contributed by atoms with Crippen LogP contribution in [0.3, 0.4) is 0 Å². The van der Waals surface area contributed by atoms with Crippen LogP contribution in [0.5, 0.6) is 0 Å². The first-order valence-corrected chi connectivity index (χ1v) is 8.11. The van der Waals surface area contributed by atoms with E-state index in [1.807, 2.05) is 36.4 Å². The highest BCUT2D eigenvalue weighted by atomic mass is 19.1. The molecular formula is C19H21FN2O2. The van der Waals surface area contributed by atoms with E-state index >= 15 is 0 Å².